The molecule has 0 aliphatic carbocycles. The highest BCUT2D eigenvalue weighted by molar-refractivity contribution is 9.10. The summed E-state index contributed by atoms with van der Waals surface area (Å²) in [6, 6.07) is 11.5. The third kappa shape index (κ3) is 3.24. The number of methoxy groups -OCH3 is 1. The lowest BCUT2D eigenvalue weighted by Gasteiger charge is -2.14. The molecule has 10 heteroatoms. The summed E-state index contributed by atoms with van der Waals surface area (Å²) in [5.41, 5.74) is 0.840. The number of halogens is 1. The molecule has 0 aliphatic rings. The Morgan fingerprint density at radius 1 is 1.21 bits per heavy atom. The minimum absolute atomic E-state index is 0.0193. The van der Waals surface area contributed by atoms with Crippen LogP contribution in [-0.4, -0.2) is 35.7 Å². The highest BCUT2D eigenvalue weighted by Crippen LogP contribution is 2.30. The van der Waals surface area contributed by atoms with Gasteiger partial charge in [0, 0.05) is 4.47 Å². The first-order valence-electron chi connectivity index (χ1n) is 6.70. The molecule has 0 atom stereocenters. The van der Waals surface area contributed by atoms with Crippen molar-refractivity contribution < 1.29 is 13.2 Å². The van der Waals surface area contributed by atoms with E-state index in [-0.39, 0.29) is 10.6 Å². The van der Waals surface area contributed by atoms with Crippen LogP contribution in [0.5, 0.6) is 5.75 Å². The van der Waals surface area contributed by atoms with Gasteiger partial charge in [-0.25, -0.2) is 8.42 Å². The van der Waals surface area contributed by atoms with E-state index in [1.54, 1.807) is 36.4 Å². The molecular formula is C14H12BrN5O3S. The molecule has 0 fully saturated rings. The smallest absolute Gasteiger partial charge is 0.265 e. The molecule has 0 saturated carbocycles. The number of benzene rings is 2. The molecule has 24 heavy (non-hydrogen) atoms. The maximum atomic E-state index is 12.8. The molecule has 0 spiro atoms. The van der Waals surface area contributed by atoms with Crippen LogP contribution in [0.3, 0.4) is 0 Å². The van der Waals surface area contributed by atoms with Gasteiger partial charge < -0.3 is 4.74 Å². The van der Waals surface area contributed by atoms with Crippen LogP contribution in [0.15, 0.2) is 58.2 Å². The van der Waals surface area contributed by atoms with Gasteiger partial charge in [0.2, 0.25) is 0 Å². The van der Waals surface area contributed by atoms with Crippen LogP contribution < -0.4 is 9.46 Å². The average molecular weight is 410 g/mol. The SMILES string of the molecule is COc1ccc(Br)cc1S(=O)(=O)Nc1ccccc1-n1cnnn1. The zero-order valence-electron chi connectivity index (χ0n) is 12.4. The minimum atomic E-state index is -3.88. The summed E-state index contributed by atoms with van der Waals surface area (Å²) >= 11 is 3.27. The van der Waals surface area contributed by atoms with E-state index >= 15 is 0 Å². The van der Waals surface area contributed by atoms with E-state index < -0.39 is 10.0 Å². The Bertz CT molecular complexity index is 960. The molecule has 1 N–H and O–H groups in total. The molecule has 3 rings (SSSR count). The van der Waals surface area contributed by atoms with Crippen molar-refractivity contribution >= 4 is 31.6 Å². The predicted molar refractivity (Wildman–Crippen MR) is 90.7 cm³/mol. The molecule has 1 aromatic heterocycles. The molecule has 1 heterocycles. The maximum Gasteiger partial charge on any atom is 0.265 e. The second kappa shape index (κ2) is 6.57. The van der Waals surface area contributed by atoms with E-state index in [1.807, 2.05) is 0 Å². The summed E-state index contributed by atoms with van der Waals surface area (Å²) in [6.07, 6.45) is 1.38. The van der Waals surface area contributed by atoms with Crippen molar-refractivity contribution in [1.82, 2.24) is 20.2 Å². The zero-order chi connectivity index (χ0) is 17.2. The average Bonchev–Trinajstić information content (AvgIpc) is 3.09. The van der Waals surface area contributed by atoms with Gasteiger partial charge in [-0.15, -0.1) is 5.10 Å². The Hall–Kier alpha value is -2.46. The van der Waals surface area contributed by atoms with E-state index in [9.17, 15) is 8.42 Å². The summed E-state index contributed by atoms with van der Waals surface area (Å²) in [5.74, 6) is 0.241. The van der Waals surface area contributed by atoms with E-state index in [0.717, 1.165) is 0 Å². The van der Waals surface area contributed by atoms with Crippen molar-refractivity contribution in [2.24, 2.45) is 0 Å². The fraction of sp³-hybridized carbons (Fsp3) is 0.0714. The van der Waals surface area contributed by atoms with Crippen molar-refractivity contribution in [1.29, 1.82) is 0 Å². The van der Waals surface area contributed by atoms with Crippen LogP contribution in [0, 0.1) is 0 Å². The van der Waals surface area contributed by atoms with Crippen molar-refractivity contribution in [2.45, 2.75) is 4.90 Å². The molecule has 2 aromatic carbocycles. The molecule has 124 valence electrons. The number of nitrogens with zero attached hydrogens (tertiary/aromatic N) is 4. The number of para-hydroxylation sites is 2. The second-order valence-electron chi connectivity index (χ2n) is 4.67. The molecule has 3 aromatic rings. The molecular weight excluding hydrogens is 398 g/mol. The maximum absolute atomic E-state index is 12.8. The fourth-order valence-electron chi connectivity index (χ4n) is 2.09. The van der Waals surface area contributed by atoms with Crippen LogP contribution in [-0.2, 0) is 10.0 Å². The molecule has 0 unspecified atom stereocenters. The quantitative estimate of drug-likeness (QED) is 0.693. The lowest BCUT2D eigenvalue weighted by atomic mass is 10.3. The normalized spacial score (nSPS) is 11.2. The zero-order valence-corrected chi connectivity index (χ0v) is 14.8. The van der Waals surface area contributed by atoms with Gasteiger partial charge in [-0.1, -0.05) is 28.1 Å². The predicted octanol–water partition coefficient (Wildman–Crippen LogP) is 2.23. The van der Waals surface area contributed by atoms with E-state index in [0.29, 0.717) is 15.8 Å². The fourth-order valence-corrected chi connectivity index (χ4v) is 3.87. The number of hydrogen-bond acceptors (Lipinski definition) is 6. The van der Waals surface area contributed by atoms with Gasteiger partial charge in [0.15, 0.2) is 0 Å². The van der Waals surface area contributed by atoms with E-state index in [4.69, 9.17) is 4.74 Å². The Kier molecular flexibility index (Phi) is 4.49. The van der Waals surface area contributed by atoms with Gasteiger partial charge in [0.1, 0.15) is 17.0 Å². The first-order valence-corrected chi connectivity index (χ1v) is 8.97. The van der Waals surface area contributed by atoms with Gasteiger partial charge in [0.05, 0.1) is 18.5 Å². The number of tetrazole rings is 1. The highest BCUT2D eigenvalue weighted by atomic mass is 79.9. The van der Waals surface area contributed by atoms with Crippen LogP contribution in [0.2, 0.25) is 0 Å². The van der Waals surface area contributed by atoms with Crippen molar-refractivity contribution in [3.05, 3.63) is 53.3 Å². The van der Waals surface area contributed by atoms with E-state index in [2.05, 4.69) is 36.2 Å². The third-order valence-electron chi connectivity index (χ3n) is 3.16. The van der Waals surface area contributed by atoms with Gasteiger partial charge in [-0.2, -0.15) is 4.68 Å². The summed E-state index contributed by atoms with van der Waals surface area (Å²) in [4.78, 5) is 0.0193. The Morgan fingerprint density at radius 2 is 2.00 bits per heavy atom. The van der Waals surface area contributed by atoms with Gasteiger partial charge in [0.25, 0.3) is 10.0 Å². The standard InChI is InChI=1S/C14H12BrN5O3S/c1-23-13-7-6-10(15)8-14(13)24(21,22)17-11-4-2-3-5-12(11)20-9-16-18-19-20/h2-9,17H,1H3. The van der Waals surface area contributed by atoms with Gasteiger partial charge in [-0.3, -0.25) is 4.72 Å². The third-order valence-corrected chi connectivity index (χ3v) is 5.04. The Balaban J connectivity index is 2.04. The largest absolute Gasteiger partial charge is 0.495 e. The lowest BCUT2D eigenvalue weighted by Crippen LogP contribution is -2.16. The molecule has 0 amide bonds. The molecule has 0 bridgehead atoms. The Morgan fingerprint density at radius 3 is 2.71 bits per heavy atom. The van der Waals surface area contributed by atoms with Gasteiger partial charge >= 0.3 is 0 Å². The van der Waals surface area contributed by atoms with Crippen LogP contribution in [0.25, 0.3) is 5.69 Å². The topological polar surface area (TPSA) is 99.0 Å². The first-order chi connectivity index (χ1) is 11.5. The summed E-state index contributed by atoms with van der Waals surface area (Å²) in [6.45, 7) is 0. The van der Waals surface area contributed by atoms with Crippen LogP contribution in [0.4, 0.5) is 5.69 Å². The number of ether oxygens (including phenoxy) is 1. The lowest BCUT2D eigenvalue weighted by molar-refractivity contribution is 0.403. The summed E-state index contributed by atoms with van der Waals surface area (Å²) in [5, 5.41) is 10.9. The van der Waals surface area contributed by atoms with Crippen molar-refractivity contribution in [3.63, 3.8) is 0 Å². The molecule has 0 aliphatic heterocycles. The number of nitrogens with one attached hydrogen (secondary N) is 1. The summed E-state index contributed by atoms with van der Waals surface area (Å²) in [7, 11) is -2.47. The van der Waals surface area contributed by atoms with Gasteiger partial charge in [-0.05, 0) is 40.8 Å². The van der Waals surface area contributed by atoms with Crippen LogP contribution >= 0.6 is 15.9 Å². The number of anilines is 1. The molecule has 0 radical (unpaired) electrons. The molecule has 8 nitrogen and oxygen atoms in total. The minimum Gasteiger partial charge on any atom is -0.495 e. The number of rotatable bonds is 5. The first kappa shape index (κ1) is 16.4. The van der Waals surface area contributed by atoms with E-state index in [1.165, 1.54) is 24.2 Å². The molecule has 0 saturated heterocycles. The number of hydrogen-bond donors (Lipinski definition) is 1. The Labute approximate surface area is 146 Å². The van der Waals surface area contributed by atoms with Crippen LogP contribution in [0.1, 0.15) is 0 Å². The van der Waals surface area contributed by atoms with Crippen molar-refractivity contribution in [2.75, 3.05) is 11.8 Å². The highest BCUT2D eigenvalue weighted by Gasteiger charge is 2.21. The second-order valence-corrected chi connectivity index (χ2v) is 7.24. The van der Waals surface area contributed by atoms with Crippen molar-refractivity contribution in [3.8, 4) is 11.4 Å². The number of sulfonamides is 1. The monoisotopic (exact) mass is 409 g/mol. The summed E-state index contributed by atoms with van der Waals surface area (Å²) < 4.78 is 35.3. The number of aromatic nitrogens is 4.